The van der Waals surface area contributed by atoms with E-state index < -0.39 is 23.1 Å². The highest BCUT2D eigenvalue weighted by atomic mass is 19.2. The van der Waals surface area contributed by atoms with Gasteiger partial charge >= 0.3 is 0 Å². The number of aromatic amines is 1. The summed E-state index contributed by atoms with van der Waals surface area (Å²) in [6, 6.07) is 16.3. The maximum atomic E-state index is 13.6. The summed E-state index contributed by atoms with van der Waals surface area (Å²) in [4.78, 5) is 33.8. The molecule has 41 heavy (non-hydrogen) atoms. The number of carbonyl (C=O) groups excluding carboxylic acids is 1. The van der Waals surface area contributed by atoms with E-state index >= 15 is 0 Å². The lowest BCUT2D eigenvalue weighted by molar-refractivity contribution is 0.0948. The molecule has 208 valence electrons. The number of halogens is 2. The third kappa shape index (κ3) is 5.75. The zero-order valence-corrected chi connectivity index (χ0v) is 22.2. The molecule has 3 heterocycles. The summed E-state index contributed by atoms with van der Waals surface area (Å²) < 4.78 is 34.6. The van der Waals surface area contributed by atoms with Gasteiger partial charge in [0.15, 0.2) is 11.6 Å². The van der Waals surface area contributed by atoms with Gasteiger partial charge in [-0.25, -0.2) is 13.8 Å². The maximum Gasteiger partial charge on any atom is 0.263 e. The van der Waals surface area contributed by atoms with E-state index in [-0.39, 0.29) is 24.8 Å². The van der Waals surface area contributed by atoms with Crippen LogP contribution in [0.25, 0.3) is 22.2 Å². The quantitative estimate of drug-likeness (QED) is 0.247. The summed E-state index contributed by atoms with van der Waals surface area (Å²) in [6.45, 7) is 0.173. The molecule has 0 atom stereocenters. The molecule has 0 unspecified atom stereocenters. The summed E-state index contributed by atoms with van der Waals surface area (Å²) in [5.41, 5.74) is 3.33. The first kappa shape index (κ1) is 26.4. The minimum atomic E-state index is -0.994. The van der Waals surface area contributed by atoms with Crippen LogP contribution in [0.15, 0.2) is 84.0 Å². The number of ether oxygens (including phenoxy) is 1. The van der Waals surface area contributed by atoms with Crippen molar-refractivity contribution in [2.45, 2.75) is 44.9 Å². The third-order valence-corrected chi connectivity index (χ3v) is 7.39. The number of amides is 1. The van der Waals surface area contributed by atoms with Crippen molar-refractivity contribution >= 4 is 16.9 Å². The summed E-state index contributed by atoms with van der Waals surface area (Å²) in [6.07, 6.45) is 9.63. The first-order chi connectivity index (χ1) is 19.9. The first-order valence-electron chi connectivity index (χ1n) is 13.6. The molecule has 3 aromatic heterocycles. The molecule has 1 fully saturated rings. The van der Waals surface area contributed by atoms with Crippen LogP contribution in [-0.2, 0) is 13.1 Å². The topological polar surface area (TPSA) is 89.0 Å². The predicted octanol–water partition coefficient (Wildman–Crippen LogP) is 5.97. The highest BCUT2D eigenvalue weighted by Gasteiger charge is 2.19. The number of carbonyl (C=O) groups is 1. The molecule has 5 aromatic rings. The molecule has 0 bridgehead atoms. The van der Waals surface area contributed by atoms with Crippen LogP contribution >= 0.6 is 0 Å². The highest BCUT2D eigenvalue weighted by molar-refractivity contribution is 5.94. The van der Waals surface area contributed by atoms with Gasteiger partial charge in [0.25, 0.3) is 11.5 Å². The Hall–Kier alpha value is -4.79. The SMILES string of the molecule is O=C(NCc1cc(OC2CCCC2)cc(-c2c[nH]c3ncccc23)c1)c1cccn(Cc2ccc(F)c(F)c2)c1=O. The molecule has 1 saturated carbocycles. The number of benzene rings is 2. The standard InChI is InChI=1S/C32H28F2N4O3/c33-28-10-9-20(15-29(28)34)19-38-12-4-8-26(32(38)40)31(39)37-17-21-13-22(16-24(14-21)41-23-5-1-2-6-23)27-18-36-30-25(27)7-3-11-35-30/h3-4,7-16,18,23H,1-2,5-6,17,19H2,(H,35,36)(H,37,39). The Morgan fingerprint density at radius 2 is 1.88 bits per heavy atom. The van der Waals surface area contributed by atoms with Crippen LogP contribution in [-0.4, -0.2) is 26.5 Å². The lowest BCUT2D eigenvalue weighted by Crippen LogP contribution is -2.32. The minimum Gasteiger partial charge on any atom is -0.490 e. The van der Waals surface area contributed by atoms with Gasteiger partial charge in [-0.2, -0.15) is 0 Å². The van der Waals surface area contributed by atoms with E-state index in [4.69, 9.17) is 4.74 Å². The van der Waals surface area contributed by atoms with Gasteiger partial charge in [0.05, 0.1) is 12.6 Å². The monoisotopic (exact) mass is 554 g/mol. The van der Waals surface area contributed by atoms with Gasteiger partial charge in [0, 0.05) is 36.1 Å². The Morgan fingerprint density at radius 3 is 2.71 bits per heavy atom. The Labute approximate surface area is 234 Å². The van der Waals surface area contributed by atoms with Crippen molar-refractivity contribution in [3.63, 3.8) is 0 Å². The van der Waals surface area contributed by atoms with Crippen LogP contribution < -0.4 is 15.6 Å². The van der Waals surface area contributed by atoms with Gasteiger partial charge < -0.3 is 19.6 Å². The summed E-state index contributed by atoms with van der Waals surface area (Å²) in [7, 11) is 0. The number of fused-ring (bicyclic) bond motifs is 1. The molecule has 2 N–H and O–H groups in total. The van der Waals surface area contributed by atoms with E-state index in [1.165, 1.54) is 22.9 Å². The summed E-state index contributed by atoms with van der Waals surface area (Å²) in [5.74, 6) is -1.76. The third-order valence-electron chi connectivity index (χ3n) is 7.39. The Morgan fingerprint density at radius 1 is 1.02 bits per heavy atom. The largest absolute Gasteiger partial charge is 0.490 e. The first-order valence-corrected chi connectivity index (χ1v) is 13.6. The lowest BCUT2D eigenvalue weighted by Gasteiger charge is -2.16. The molecular weight excluding hydrogens is 526 g/mol. The van der Waals surface area contributed by atoms with Gasteiger partial charge in [0.1, 0.15) is 17.0 Å². The number of nitrogens with zero attached hydrogens (tertiary/aromatic N) is 2. The van der Waals surface area contributed by atoms with Crippen molar-refractivity contribution in [2.75, 3.05) is 0 Å². The Balaban J connectivity index is 1.24. The van der Waals surface area contributed by atoms with Gasteiger partial charge in [0.2, 0.25) is 0 Å². The zero-order valence-electron chi connectivity index (χ0n) is 22.2. The second kappa shape index (κ2) is 11.4. The molecule has 0 saturated heterocycles. The van der Waals surface area contributed by atoms with Crippen LogP contribution in [0.1, 0.15) is 47.2 Å². The van der Waals surface area contributed by atoms with Gasteiger partial charge in [-0.3, -0.25) is 9.59 Å². The number of pyridine rings is 2. The number of H-pyrrole nitrogens is 1. The Kier molecular flexibility index (Phi) is 7.33. The molecule has 0 aliphatic heterocycles. The van der Waals surface area contributed by atoms with E-state index in [9.17, 15) is 18.4 Å². The molecule has 0 radical (unpaired) electrons. The molecule has 9 heteroatoms. The maximum absolute atomic E-state index is 13.6. The number of hydrogen-bond acceptors (Lipinski definition) is 4. The van der Waals surface area contributed by atoms with Crippen LogP contribution in [0.4, 0.5) is 8.78 Å². The molecule has 1 aliphatic rings. The number of rotatable bonds is 8. The molecule has 1 amide bonds. The highest BCUT2D eigenvalue weighted by Crippen LogP contribution is 2.33. The van der Waals surface area contributed by atoms with Crippen LogP contribution in [0, 0.1) is 11.6 Å². The average molecular weight is 555 g/mol. The smallest absolute Gasteiger partial charge is 0.263 e. The summed E-state index contributed by atoms with van der Waals surface area (Å²) in [5, 5.41) is 3.83. The number of nitrogens with one attached hydrogen (secondary N) is 2. The normalized spacial score (nSPS) is 13.5. The van der Waals surface area contributed by atoms with E-state index in [1.54, 1.807) is 12.3 Å². The van der Waals surface area contributed by atoms with Crippen molar-refractivity contribution in [1.82, 2.24) is 19.9 Å². The number of aromatic nitrogens is 3. The predicted molar refractivity (Wildman–Crippen MR) is 152 cm³/mol. The van der Waals surface area contributed by atoms with Crippen molar-refractivity contribution < 1.29 is 18.3 Å². The molecule has 1 aliphatic carbocycles. The van der Waals surface area contributed by atoms with Gasteiger partial charge in [-0.1, -0.05) is 6.07 Å². The van der Waals surface area contributed by atoms with E-state index in [1.807, 2.05) is 36.5 Å². The average Bonchev–Trinajstić information content (AvgIpc) is 3.65. The molecule has 7 nitrogen and oxygen atoms in total. The van der Waals surface area contributed by atoms with Crippen molar-refractivity contribution in [1.29, 1.82) is 0 Å². The van der Waals surface area contributed by atoms with E-state index in [0.29, 0.717) is 5.56 Å². The van der Waals surface area contributed by atoms with E-state index in [2.05, 4.69) is 15.3 Å². The van der Waals surface area contributed by atoms with Gasteiger partial charge in [-0.05, 0) is 97.0 Å². The second-order valence-corrected chi connectivity index (χ2v) is 10.3. The summed E-state index contributed by atoms with van der Waals surface area (Å²) >= 11 is 0. The van der Waals surface area contributed by atoms with Crippen LogP contribution in [0.5, 0.6) is 5.75 Å². The fraction of sp³-hybridized carbons (Fsp3) is 0.219. The zero-order chi connectivity index (χ0) is 28.3. The van der Waals surface area contributed by atoms with Crippen molar-refractivity contribution in [3.05, 3.63) is 118 Å². The molecule has 2 aromatic carbocycles. The number of hydrogen-bond donors (Lipinski definition) is 2. The fourth-order valence-electron chi connectivity index (χ4n) is 5.33. The Bertz CT molecular complexity index is 1790. The molecule has 6 rings (SSSR count). The minimum absolute atomic E-state index is 0.000538. The van der Waals surface area contributed by atoms with E-state index in [0.717, 1.165) is 71.3 Å². The fourth-order valence-corrected chi connectivity index (χ4v) is 5.33. The van der Waals surface area contributed by atoms with Crippen LogP contribution in [0.3, 0.4) is 0 Å². The second-order valence-electron chi connectivity index (χ2n) is 10.3. The van der Waals surface area contributed by atoms with Crippen molar-refractivity contribution in [3.8, 4) is 16.9 Å². The molecular formula is C32H28F2N4O3. The van der Waals surface area contributed by atoms with Crippen LogP contribution in [0.2, 0.25) is 0 Å². The van der Waals surface area contributed by atoms with Crippen molar-refractivity contribution in [2.24, 2.45) is 0 Å². The van der Waals surface area contributed by atoms with Gasteiger partial charge in [-0.15, -0.1) is 0 Å². The lowest BCUT2D eigenvalue weighted by atomic mass is 10.0. The molecule has 0 spiro atoms.